The standard InChI is InChI=1S/C12H20N2O4S2/c1-3-13-8-9-20(17,18)14-10-11-4-6-12(7-5-11)19(2,15)16/h4-7,13-14H,3,8-10H2,1-2H3. The molecule has 1 aromatic carbocycles. The van der Waals surface area contributed by atoms with Gasteiger partial charge < -0.3 is 5.32 Å². The van der Waals surface area contributed by atoms with Crippen molar-refractivity contribution < 1.29 is 16.8 Å². The van der Waals surface area contributed by atoms with Crippen LogP contribution >= 0.6 is 0 Å². The first-order valence-corrected chi connectivity index (χ1v) is 9.76. The zero-order chi connectivity index (χ0) is 15.2. The highest BCUT2D eigenvalue weighted by molar-refractivity contribution is 7.90. The zero-order valence-corrected chi connectivity index (χ0v) is 13.2. The van der Waals surface area contributed by atoms with Crippen molar-refractivity contribution in [2.45, 2.75) is 18.4 Å². The SMILES string of the molecule is CCNCCS(=O)(=O)NCc1ccc(S(C)(=O)=O)cc1. The van der Waals surface area contributed by atoms with Gasteiger partial charge in [0.15, 0.2) is 9.84 Å². The predicted molar refractivity (Wildman–Crippen MR) is 78.7 cm³/mol. The van der Waals surface area contributed by atoms with E-state index in [1.807, 2.05) is 6.92 Å². The summed E-state index contributed by atoms with van der Waals surface area (Å²) < 4.78 is 48.4. The van der Waals surface area contributed by atoms with E-state index in [4.69, 9.17) is 0 Å². The first kappa shape index (κ1) is 17.1. The summed E-state index contributed by atoms with van der Waals surface area (Å²) in [6.45, 7) is 3.18. The minimum Gasteiger partial charge on any atom is -0.316 e. The van der Waals surface area contributed by atoms with Crippen molar-refractivity contribution in [1.82, 2.24) is 10.0 Å². The van der Waals surface area contributed by atoms with Gasteiger partial charge in [0.1, 0.15) is 0 Å². The third-order valence-corrected chi connectivity index (χ3v) is 5.10. The van der Waals surface area contributed by atoms with Crippen LogP contribution in [0.5, 0.6) is 0 Å². The molecule has 0 aliphatic rings. The molecule has 0 fully saturated rings. The van der Waals surface area contributed by atoms with Crippen LogP contribution in [0.3, 0.4) is 0 Å². The van der Waals surface area contributed by atoms with Gasteiger partial charge in [0.05, 0.1) is 10.6 Å². The van der Waals surface area contributed by atoms with E-state index in [1.165, 1.54) is 12.1 Å². The molecule has 1 aromatic rings. The molecule has 0 spiro atoms. The quantitative estimate of drug-likeness (QED) is 0.664. The molecule has 1 rings (SSSR count). The van der Waals surface area contributed by atoms with Crippen LogP contribution in [0.4, 0.5) is 0 Å². The van der Waals surface area contributed by atoms with Crippen LogP contribution in [0.1, 0.15) is 12.5 Å². The maximum atomic E-state index is 11.7. The second-order valence-electron chi connectivity index (χ2n) is 4.41. The number of hydrogen-bond acceptors (Lipinski definition) is 5. The second-order valence-corrected chi connectivity index (χ2v) is 8.35. The third kappa shape index (κ3) is 6.00. The summed E-state index contributed by atoms with van der Waals surface area (Å²) in [6, 6.07) is 6.14. The lowest BCUT2D eigenvalue weighted by atomic mass is 10.2. The van der Waals surface area contributed by atoms with Gasteiger partial charge >= 0.3 is 0 Å². The molecule has 0 unspecified atom stereocenters. The van der Waals surface area contributed by atoms with Gasteiger partial charge in [0, 0.05) is 19.3 Å². The van der Waals surface area contributed by atoms with Crippen LogP contribution in [0.2, 0.25) is 0 Å². The van der Waals surface area contributed by atoms with Gasteiger partial charge in [-0.05, 0) is 24.2 Å². The summed E-state index contributed by atoms with van der Waals surface area (Å²) in [4.78, 5) is 0.219. The van der Waals surface area contributed by atoms with Gasteiger partial charge in [0.2, 0.25) is 10.0 Å². The molecule has 0 aliphatic heterocycles. The van der Waals surface area contributed by atoms with E-state index < -0.39 is 19.9 Å². The Morgan fingerprint density at radius 2 is 1.65 bits per heavy atom. The van der Waals surface area contributed by atoms with Crippen molar-refractivity contribution in [3.63, 3.8) is 0 Å². The molecular formula is C12H20N2O4S2. The van der Waals surface area contributed by atoms with Gasteiger partial charge in [-0.25, -0.2) is 21.6 Å². The molecule has 0 heterocycles. The molecule has 0 saturated carbocycles. The number of rotatable bonds is 8. The van der Waals surface area contributed by atoms with E-state index in [-0.39, 0.29) is 17.2 Å². The summed E-state index contributed by atoms with van der Waals surface area (Å²) in [5, 5.41) is 2.94. The molecule has 0 saturated heterocycles. The van der Waals surface area contributed by atoms with E-state index in [0.717, 1.165) is 12.8 Å². The lowest BCUT2D eigenvalue weighted by Crippen LogP contribution is -2.31. The maximum absolute atomic E-state index is 11.7. The first-order chi connectivity index (χ1) is 9.24. The summed E-state index contributed by atoms with van der Waals surface area (Å²) in [6.07, 6.45) is 1.13. The van der Waals surface area contributed by atoms with Crippen LogP contribution in [-0.4, -0.2) is 41.9 Å². The lowest BCUT2D eigenvalue weighted by molar-refractivity contribution is 0.577. The maximum Gasteiger partial charge on any atom is 0.213 e. The molecule has 0 aromatic heterocycles. The average Bonchev–Trinajstić information content (AvgIpc) is 2.36. The van der Waals surface area contributed by atoms with Gasteiger partial charge in [-0.15, -0.1) is 0 Å². The molecule has 8 heteroatoms. The Hall–Kier alpha value is -0.960. The fourth-order valence-electron chi connectivity index (χ4n) is 1.50. The molecule has 0 aliphatic carbocycles. The fourth-order valence-corrected chi connectivity index (χ4v) is 3.08. The molecule has 2 N–H and O–H groups in total. The Morgan fingerprint density at radius 1 is 1.05 bits per heavy atom. The Labute approximate surface area is 120 Å². The van der Waals surface area contributed by atoms with Crippen molar-refractivity contribution in [3.05, 3.63) is 29.8 Å². The Kier molecular flexibility index (Phi) is 6.12. The molecule has 0 atom stereocenters. The van der Waals surface area contributed by atoms with Crippen LogP contribution in [0.25, 0.3) is 0 Å². The van der Waals surface area contributed by atoms with Gasteiger partial charge in [0.25, 0.3) is 0 Å². The van der Waals surface area contributed by atoms with Crippen molar-refractivity contribution in [1.29, 1.82) is 0 Å². The first-order valence-electron chi connectivity index (χ1n) is 6.21. The highest BCUT2D eigenvalue weighted by atomic mass is 32.2. The molecule has 20 heavy (non-hydrogen) atoms. The molecular weight excluding hydrogens is 300 g/mol. The summed E-state index contributed by atoms with van der Waals surface area (Å²) in [7, 11) is -6.55. The van der Waals surface area contributed by atoms with Crippen LogP contribution in [0, 0.1) is 0 Å². The van der Waals surface area contributed by atoms with Crippen molar-refractivity contribution in [2.24, 2.45) is 0 Å². The van der Waals surface area contributed by atoms with E-state index >= 15 is 0 Å². The predicted octanol–water partition coefficient (Wildman–Crippen LogP) is 0.119. The van der Waals surface area contributed by atoms with Crippen molar-refractivity contribution >= 4 is 19.9 Å². The van der Waals surface area contributed by atoms with Crippen LogP contribution in [0.15, 0.2) is 29.2 Å². The van der Waals surface area contributed by atoms with Crippen LogP contribution in [-0.2, 0) is 26.4 Å². The highest BCUT2D eigenvalue weighted by Crippen LogP contribution is 2.10. The number of sulfone groups is 1. The smallest absolute Gasteiger partial charge is 0.213 e. The molecule has 0 radical (unpaired) electrons. The topological polar surface area (TPSA) is 92.3 Å². The van der Waals surface area contributed by atoms with Gasteiger partial charge in [-0.2, -0.15) is 0 Å². The fraction of sp³-hybridized carbons (Fsp3) is 0.500. The molecule has 0 amide bonds. The number of nitrogens with one attached hydrogen (secondary N) is 2. The van der Waals surface area contributed by atoms with Crippen molar-refractivity contribution in [2.75, 3.05) is 25.1 Å². The summed E-state index contributed by atoms with van der Waals surface area (Å²) >= 11 is 0. The van der Waals surface area contributed by atoms with Gasteiger partial charge in [-0.1, -0.05) is 19.1 Å². The lowest BCUT2D eigenvalue weighted by Gasteiger charge is -2.07. The Morgan fingerprint density at radius 3 is 2.15 bits per heavy atom. The van der Waals surface area contributed by atoms with E-state index in [0.29, 0.717) is 12.1 Å². The molecule has 6 nitrogen and oxygen atoms in total. The average molecular weight is 320 g/mol. The minimum atomic E-state index is -3.32. The van der Waals surface area contributed by atoms with Gasteiger partial charge in [-0.3, -0.25) is 0 Å². The number of benzene rings is 1. The molecule has 114 valence electrons. The second kappa shape index (κ2) is 7.16. The number of hydrogen-bond donors (Lipinski definition) is 2. The third-order valence-electron chi connectivity index (χ3n) is 2.65. The number of sulfonamides is 1. The van der Waals surface area contributed by atoms with E-state index in [1.54, 1.807) is 12.1 Å². The summed E-state index contributed by atoms with van der Waals surface area (Å²) in [5.41, 5.74) is 0.712. The Bertz CT molecular complexity index is 622. The Balaban J connectivity index is 2.58. The van der Waals surface area contributed by atoms with E-state index in [9.17, 15) is 16.8 Å². The van der Waals surface area contributed by atoms with Crippen molar-refractivity contribution in [3.8, 4) is 0 Å². The molecule has 0 bridgehead atoms. The van der Waals surface area contributed by atoms with Crippen LogP contribution < -0.4 is 10.0 Å². The monoisotopic (exact) mass is 320 g/mol. The zero-order valence-electron chi connectivity index (χ0n) is 11.6. The largest absolute Gasteiger partial charge is 0.316 e. The van der Waals surface area contributed by atoms with E-state index in [2.05, 4.69) is 10.0 Å². The normalized spacial score (nSPS) is 12.5. The minimum absolute atomic E-state index is 0.0161. The summed E-state index contributed by atoms with van der Waals surface area (Å²) in [5.74, 6) is 0.0161. The highest BCUT2D eigenvalue weighted by Gasteiger charge is 2.10.